The average molecular weight is 388 g/mol. The Kier molecular flexibility index (Phi) is 5.66. The minimum atomic E-state index is -0.195. The van der Waals surface area contributed by atoms with Crippen molar-refractivity contribution < 1.29 is 23.7 Å². The molecule has 0 atom stereocenters. The summed E-state index contributed by atoms with van der Waals surface area (Å²) in [6.45, 7) is 0. The van der Waals surface area contributed by atoms with Crippen molar-refractivity contribution >= 4 is 32.6 Å². The second kappa shape index (κ2) is 8.13. The SMILES string of the molecule is COc1cc2nc(NC(=O)Cc3cccc(OC)c3OC)sc2cc1OC. The summed E-state index contributed by atoms with van der Waals surface area (Å²) in [4.78, 5) is 16.9. The van der Waals surface area contributed by atoms with Crippen molar-refractivity contribution in [1.29, 1.82) is 0 Å². The van der Waals surface area contributed by atoms with Crippen molar-refractivity contribution in [2.24, 2.45) is 0 Å². The Balaban J connectivity index is 1.80. The van der Waals surface area contributed by atoms with Gasteiger partial charge in [0, 0.05) is 17.7 Å². The first-order valence-corrected chi connectivity index (χ1v) is 8.93. The number of aromatic nitrogens is 1. The smallest absolute Gasteiger partial charge is 0.230 e. The van der Waals surface area contributed by atoms with Gasteiger partial charge in [-0.25, -0.2) is 4.98 Å². The molecule has 3 aromatic rings. The molecule has 8 heteroatoms. The van der Waals surface area contributed by atoms with Gasteiger partial charge in [0.25, 0.3) is 0 Å². The molecular weight excluding hydrogens is 368 g/mol. The molecule has 0 aliphatic carbocycles. The second-order valence-corrected chi connectivity index (χ2v) is 6.60. The molecule has 27 heavy (non-hydrogen) atoms. The van der Waals surface area contributed by atoms with Crippen LogP contribution in [0.3, 0.4) is 0 Å². The summed E-state index contributed by atoms with van der Waals surface area (Å²) in [5.74, 6) is 2.15. The zero-order valence-corrected chi connectivity index (χ0v) is 16.3. The molecule has 3 rings (SSSR count). The van der Waals surface area contributed by atoms with Gasteiger partial charge in [0.2, 0.25) is 5.91 Å². The molecule has 0 spiro atoms. The molecule has 0 fully saturated rings. The first kappa shape index (κ1) is 18.8. The number of methoxy groups -OCH3 is 4. The van der Waals surface area contributed by atoms with E-state index in [-0.39, 0.29) is 12.3 Å². The summed E-state index contributed by atoms with van der Waals surface area (Å²) < 4.78 is 22.1. The van der Waals surface area contributed by atoms with Crippen molar-refractivity contribution in [2.75, 3.05) is 33.8 Å². The Morgan fingerprint density at radius 2 is 1.70 bits per heavy atom. The Morgan fingerprint density at radius 1 is 1.00 bits per heavy atom. The highest BCUT2D eigenvalue weighted by Gasteiger charge is 2.15. The molecule has 7 nitrogen and oxygen atoms in total. The molecule has 142 valence electrons. The number of amides is 1. The number of carbonyl (C=O) groups is 1. The van der Waals surface area contributed by atoms with Crippen LogP contribution in [0.1, 0.15) is 5.56 Å². The molecule has 0 aliphatic heterocycles. The molecule has 1 amide bonds. The lowest BCUT2D eigenvalue weighted by atomic mass is 10.1. The average Bonchev–Trinajstić information content (AvgIpc) is 3.07. The molecule has 0 bridgehead atoms. The fourth-order valence-corrected chi connectivity index (χ4v) is 3.63. The van der Waals surface area contributed by atoms with Gasteiger partial charge in [-0.05, 0) is 6.07 Å². The molecule has 2 aromatic carbocycles. The molecule has 0 unspecified atom stereocenters. The van der Waals surface area contributed by atoms with Gasteiger partial charge < -0.3 is 24.3 Å². The van der Waals surface area contributed by atoms with Crippen LogP contribution in [0.5, 0.6) is 23.0 Å². The van der Waals surface area contributed by atoms with Crippen LogP contribution in [0.25, 0.3) is 10.2 Å². The maximum Gasteiger partial charge on any atom is 0.230 e. The third-order valence-corrected chi connectivity index (χ3v) is 4.91. The van der Waals surface area contributed by atoms with Crippen LogP contribution in [0.4, 0.5) is 5.13 Å². The Bertz CT molecular complexity index is 929. The van der Waals surface area contributed by atoms with Gasteiger partial charge in [-0.3, -0.25) is 4.79 Å². The fraction of sp³-hybridized carbons (Fsp3) is 0.263. The van der Waals surface area contributed by atoms with Crippen LogP contribution in [-0.2, 0) is 11.2 Å². The topological polar surface area (TPSA) is 78.9 Å². The fourth-order valence-electron chi connectivity index (χ4n) is 2.74. The number of nitrogens with one attached hydrogen (secondary N) is 1. The molecular formula is C19H20N2O5S. The van der Waals surface area contributed by atoms with Crippen LogP contribution >= 0.6 is 11.3 Å². The summed E-state index contributed by atoms with van der Waals surface area (Å²) in [6, 6.07) is 9.06. The van der Waals surface area contributed by atoms with Crippen molar-refractivity contribution in [1.82, 2.24) is 4.98 Å². The first-order chi connectivity index (χ1) is 13.1. The van der Waals surface area contributed by atoms with Crippen LogP contribution in [-0.4, -0.2) is 39.3 Å². The largest absolute Gasteiger partial charge is 0.493 e. The number of ether oxygens (including phenoxy) is 4. The zero-order valence-electron chi connectivity index (χ0n) is 15.5. The van der Waals surface area contributed by atoms with E-state index in [2.05, 4.69) is 10.3 Å². The van der Waals surface area contributed by atoms with Gasteiger partial charge in [-0.2, -0.15) is 0 Å². The van der Waals surface area contributed by atoms with Crippen molar-refractivity contribution in [3.63, 3.8) is 0 Å². The summed E-state index contributed by atoms with van der Waals surface area (Å²) in [5.41, 5.74) is 1.46. The van der Waals surface area contributed by atoms with E-state index < -0.39 is 0 Å². The highest BCUT2D eigenvalue weighted by molar-refractivity contribution is 7.22. The van der Waals surface area contributed by atoms with E-state index in [0.717, 1.165) is 15.8 Å². The van der Waals surface area contributed by atoms with Crippen molar-refractivity contribution in [3.05, 3.63) is 35.9 Å². The summed E-state index contributed by atoms with van der Waals surface area (Å²) in [6.07, 6.45) is 0.142. The monoisotopic (exact) mass is 388 g/mol. The van der Waals surface area contributed by atoms with Crippen molar-refractivity contribution in [2.45, 2.75) is 6.42 Å². The van der Waals surface area contributed by atoms with Gasteiger partial charge in [0.05, 0.1) is 45.1 Å². The van der Waals surface area contributed by atoms with Gasteiger partial charge in [0.1, 0.15) is 0 Å². The molecule has 1 heterocycles. The molecule has 0 radical (unpaired) electrons. The number of para-hydroxylation sites is 1. The predicted molar refractivity (Wildman–Crippen MR) is 105 cm³/mol. The van der Waals surface area contributed by atoms with Gasteiger partial charge in [-0.15, -0.1) is 0 Å². The van der Waals surface area contributed by atoms with Crippen LogP contribution in [0.2, 0.25) is 0 Å². The number of thiazole rings is 1. The molecule has 0 saturated carbocycles. The number of fused-ring (bicyclic) bond motifs is 1. The standard InChI is InChI=1S/C19H20N2O5S/c1-23-13-7-5-6-11(18(13)26-4)8-17(22)21-19-20-12-9-14(24-2)15(25-3)10-16(12)27-19/h5-7,9-10H,8H2,1-4H3,(H,20,21,22). The Morgan fingerprint density at radius 3 is 2.37 bits per heavy atom. The maximum absolute atomic E-state index is 12.5. The highest BCUT2D eigenvalue weighted by Crippen LogP contribution is 2.36. The lowest BCUT2D eigenvalue weighted by Gasteiger charge is -2.12. The summed E-state index contributed by atoms with van der Waals surface area (Å²) >= 11 is 1.37. The number of benzene rings is 2. The van der Waals surface area contributed by atoms with E-state index in [1.54, 1.807) is 40.6 Å². The van der Waals surface area contributed by atoms with E-state index in [1.807, 2.05) is 18.2 Å². The molecule has 0 saturated heterocycles. The predicted octanol–water partition coefficient (Wildman–Crippen LogP) is 3.51. The second-order valence-electron chi connectivity index (χ2n) is 5.57. The number of hydrogen-bond acceptors (Lipinski definition) is 7. The quantitative estimate of drug-likeness (QED) is 0.667. The van der Waals surface area contributed by atoms with E-state index in [4.69, 9.17) is 18.9 Å². The van der Waals surface area contributed by atoms with E-state index in [9.17, 15) is 4.79 Å². The summed E-state index contributed by atoms with van der Waals surface area (Å²) in [5, 5.41) is 3.34. The normalized spacial score (nSPS) is 10.5. The van der Waals surface area contributed by atoms with E-state index in [0.29, 0.717) is 28.1 Å². The Labute approximate surface area is 160 Å². The molecule has 1 aromatic heterocycles. The number of anilines is 1. The number of nitrogens with zero attached hydrogens (tertiary/aromatic N) is 1. The van der Waals surface area contributed by atoms with E-state index >= 15 is 0 Å². The maximum atomic E-state index is 12.5. The summed E-state index contributed by atoms with van der Waals surface area (Å²) in [7, 11) is 6.26. The third-order valence-electron chi connectivity index (χ3n) is 3.98. The molecule has 0 aliphatic rings. The van der Waals surface area contributed by atoms with Crippen LogP contribution in [0, 0.1) is 0 Å². The van der Waals surface area contributed by atoms with Gasteiger partial charge in [-0.1, -0.05) is 23.5 Å². The minimum Gasteiger partial charge on any atom is -0.493 e. The van der Waals surface area contributed by atoms with Gasteiger partial charge in [0.15, 0.2) is 28.1 Å². The molecule has 1 N–H and O–H groups in total. The lowest BCUT2D eigenvalue weighted by molar-refractivity contribution is -0.115. The van der Waals surface area contributed by atoms with E-state index in [1.165, 1.54) is 11.3 Å². The number of hydrogen-bond donors (Lipinski definition) is 1. The lowest BCUT2D eigenvalue weighted by Crippen LogP contribution is -2.14. The Hall–Kier alpha value is -3.00. The van der Waals surface area contributed by atoms with Crippen LogP contribution in [0.15, 0.2) is 30.3 Å². The minimum absolute atomic E-state index is 0.142. The van der Waals surface area contributed by atoms with Crippen LogP contribution < -0.4 is 24.3 Å². The highest BCUT2D eigenvalue weighted by atomic mass is 32.1. The first-order valence-electron chi connectivity index (χ1n) is 8.11. The third kappa shape index (κ3) is 3.90. The van der Waals surface area contributed by atoms with Crippen molar-refractivity contribution in [3.8, 4) is 23.0 Å². The number of carbonyl (C=O) groups excluding carboxylic acids is 1. The van der Waals surface area contributed by atoms with Gasteiger partial charge >= 0.3 is 0 Å². The number of rotatable bonds is 7. The zero-order chi connectivity index (χ0) is 19.4.